The van der Waals surface area contributed by atoms with Crippen molar-refractivity contribution in [2.24, 2.45) is 5.73 Å². The molecule has 0 spiro atoms. The number of anilines is 1. The number of halogens is 2. The van der Waals surface area contributed by atoms with E-state index in [0.29, 0.717) is 16.6 Å². The summed E-state index contributed by atoms with van der Waals surface area (Å²) in [6, 6.07) is 5.51. The minimum atomic E-state index is 0.385. The normalized spacial score (nSPS) is 10.9. The third-order valence-electron chi connectivity index (χ3n) is 2.55. The number of hydrogen-bond acceptors (Lipinski definition) is 3. The first-order valence-corrected chi connectivity index (χ1v) is 5.94. The molecule has 0 aliphatic rings. The van der Waals surface area contributed by atoms with E-state index in [4.69, 9.17) is 28.9 Å². The fourth-order valence-corrected chi connectivity index (χ4v) is 2.30. The molecule has 0 fully saturated rings. The SMILES string of the molecule is CN(C)c1cc(CN)nc2c(Cl)cc(Cl)cc12. The molecular formula is C12H13Cl2N3. The van der Waals surface area contributed by atoms with Crippen molar-refractivity contribution in [1.29, 1.82) is 0 Å². The van der Waals surface area contributed by atoms with Gasteiger partial charge in [-0.25, -0.2) is 4.98 Å². The molecule has 0 aliphatic carbocycles. The third kappa shape index (κ3) is 2.32. The Morgan fingerprint density at radius 2 is 1.94 bits per heavy atom. The summed E-state index contributed by atoms with van der Waals surface area (Å²) in [6.07, 6.45) is 0. The van der Waals surface area contributed by atoms with Crippen molar-refractivity contribution in [1.82, 2.24) is 4.98 Å². The summed E-state index contributed by atoms with van der Waals surface area (Å²) >= 11 is 12.2. The van der Waals surface area contributed by atoms with Crippen LogP contribution in [0.5, 0.6) is 0 Å². The Morgan fingerprint density at radius 1 is 1.24 bits per heavy atom. The predicted molar refractivity (Wildman–Crippen MR) is 74.0 cm³/mol. The van der Waals surface area contributed by atoms with Gasteiger partial charge in [0.05, 0.1) is 16.2 Å². The van der Waals surface area contributed by atoms with Crippen LogP contribution >= 0.6 is 23.2 Å². The van der Waals surface area contributed by atoms with Crippen LogP contribution in [0.4, 0.5) is 5.69 Å². The summed E-state index contributed by atoms with van der Waals surface area (Å²) in [5, 5.41) is 2.09. The molecule has 0 saturated heterocycles. The smallest absolute Gasteiger partial charge is 0.0913 e. The van der Waals surface area contributed by atoms with Crippen LogP contribution in [0.1, 0.15) is 5.69 Å². The fourth-order valence-electron chi connectivity index (χ4n) is 1.76. The van der Waals surface area contributed by atoms with Crippen molar-refractivity contribution < 1.29 is 0 Å². The van der Waals surface area contributed by atoms with Gasteiger partial charge in [-0.3, -0.25) is 0 Å². The van der Waals surface area contributed by atoms with Crippen LogP contribution in [-0.2, 0) is 6.54 Å². The Bertz CT molecular complexity index is 567. The lowest BCUT2D eigenvalue weighted by Gasteiger charge is -2.17. The van der Waals surface area contributed by atoms with Gasteiger partial charge in [-0.15, -0.1) is 0 Å². The highest BCUT2D eigenvalue weighted by Gasteiger charge is 2.10. The molecular weight excluding hydrogens is 257 g/mol. The maximum Gasteiger partial charge on any atom is 0.0913 e. The highest BCUT2D eigenvalue weighted by molar-refractivity contribution is 6.38. The maximum absolute atomic E-state index is 6.16. The van der Waals surface area contributed by atoms with Gasteiger partial charge in [0.2, 0.25) is 0 Å². The van der Waals surface area contributed by atoms with Gasteiger partial charge < -0.3 is 10.6 Å². The van der Waals surface area contributed by atoms with Crippen LogP contribution < -0.4 is 10.6 Å². The topological polar surface area (TPSA) is 42.1 Å². The number of rotatable bonds is 2. The third-order valence-corrected chi connectivity index (χ3v) is 3.06. The molecule has 0 amide bonds. The second-order valence-corrected chi connectivity index (χ2v) is 4.86. The van der Waals surface area contributed by atoms with Crippen LogP contribution in [0, 0.1) is 0 Å². The molecule has 5 heteroatoms. The van der Waals surface area contributed by atoms with Crippen LogP contribution in [-0.4, -0.2) is 19.1 Å². The highest BCUT2D eigenvalue weighted by atomic mass is 35.5. The van der Waals surface area contributed by atoms with Crippen molar-refractivity contribution in [3.05, 3.63) is 33.9 Å². The van der Waals surface area contributed by atoms with Crippen molar-refractivity contribution in [3.8, 4) is 0 Å². The molecule has 2 aromatic rings. The molecule has 3 nitrogen and oxygen atoms in total. The Labute approximate surface area is 110 Å². The molecule has 0 radical (unpaired) electrons. The van der Waals surface area contributed by atoms with Gasteiger partial charge in [0, 0.05) is 36.7 Å². The molecule has 2 N–H and O–H groups in total. The first kappa shape index (κ1) is 12.4. The number of benzene rings is 1. The largest absolute Gasteiger partial charge is 0.377 e. The zero-order chi connectivity index (χ0) is 12.6. The molecule has 17 heavy (non-hydrogen) atoms. The zero-order valence-electron chi connectivity index (χ0n) is 9.67. The molecule has 0 saturated carbocycles. The number of nitrogens with two attached hydrogens (primary N) is 1. The minimum absolute atomic E-state index is 0.385. The average molecular weight is 270 g/mol. The Morgan fingerprint density at radius 3 is 2.53 bits per heavy atom. The van der Waals surface area contributed by atoms with Crippen molar-refractivity contribution in [3.63, 3.8) is 0 Å². The number of fused-ring (bicyclic) bond motifs is 1. The van der Waals surface area contributed by atoms with Crippen molar-refractivity contribution in [2.75, 3.05) is 19.0 Å². The molecule has 0 aliphatic heterocycles. The van der Waals surface area contributed by atoms with Gasteiger partial charge in [-0.05, 0) is 18.2 Å². The first-order chi connectivity index (χ1) is 8.02. The summed E-state index contributed by atoms with van der Waals surface area (Å²) < 4.78 is 0. The van der Waals surface area contributed by atoms with Gasteiger partial charge in [-0.2, -0.15) is 0 Å². The lowest BCUT2D eigenvalue weighted by molar-refractivity contribution is 0.999. The van der Waals surface area contributed by atoms with Gasteiger partial charge in [-0.1, -0.05) is 23.2 Å². The monoisotopic (exact) mass is 269 g/mol. The number of hydrogen-bond donors (Lipinski definition) is 1. The molecule has 2 rings (SSSR count). The van der Waals surface area contributed by atoms with Crippen LogP contribution in [0.15, 0.2) is 18.2 Å². The summed E-state index contributed by atoms with van der Waals surface area (Å²) in [5.41, 5.74) is 8.20. The van der Waals surface area contributed by atoms with E-state index >= 15 is 0 Å². The van der Waals surface area contributed by atoms with E-state index in [1.54, 1.807) is 6.07 Å². The van der Waals surface area contributed by atoms with E-state index in [9.17, 15) is 0 Å². The van der Waals surface area contributed by atoms with Gasteiger partial charge in [0.25, 0.3) is 0 Å². The van der Waals surface area contributed by atoms with E-state index in [2.05, 4.69) is 4.98 Å². The minimum Gasteiger partial charge on any atom is -0.377 e. The fraction of sp³-hybridized carbons (Fsp3) is 0.250. The van der Waals surface area contributed by atoms with Crippen LogP contribution in [0.2, 0.25) is 10.0 Å². The Kier molecular flexibility index (Phi) is 3.43. The maximum atomic E-state index is 6.16. The van der Waals surface area contributed by atoms with Gasteiger partial charge in [0.1, 0.15) is 0 Å². The van der Waals surface area contributed by atoms with E-state index in [1.165, 1.54) is 0 Å². The average Bonchev–Trinajstić information content (AvgIpc) is 2.27. The summed E-state index contributed by atoms with van der Waals surface area (Å²) in [5.74, 6) is 0. The van der Waals surface area contributed by atoms with Crippen LogP contribution in [0.3, 0.4) is 0 Å². The van der Waals surface area contributed by atoms with Crippen molar-refractivity contribution in [2.45, 2.75) is 6.54 Å². The molecule has 90 valence electrons. The summed E-state index contributed by atoms with van der Waals surface area (Å²) in [4.78, 5) is 6.43. The molecule has 0 bridgehead atoms. The van der Waals surface area contributed by atoms with E-state index in [1.807, 2.05) is 31.1 Å². The van der Waals surface area contributed by atoms with E-state index in [-0.39, 0.29) is 0 Å². The second-order valence-electron chi connectivity index (χ2n) is 4.02. The molecule has 0 atom stereocenters. The molecule has 1 aromatic heterocycles. The number of pyridine rings is 1. The van der Waals surface area contributed by atoms with E-state index in [0.717, 1.165) is 22.3 Å². The lowest BCUT2D eigenvalue weighted by atomic mass is 10.1. The summed E-state index contributed by atoms with van der Waals surface area (Å²) in [6.45, 7) is 0.385. The van der Waals surface area contributed by atoms with Gasteiger partial charge >= 0.3 is 0 Å². The first-order valence-electron chi connectivity index (χ1n) is 5.19. The molecule has 1 aromatic carbocycles. The number of aromatic nitrogens is 1. The summed E-state index contributed by atoms with van der Waals surface area (Å²) in [7, 11) is 3.92. The zero-order valence-corrected chi connectivity index (χ0v) is 11.2. The highest BCUT2D eigenvalue weighted by Crippen LogP contribution is 2.32. The Balaban J connectivity index is 2.85. The van der Waals surface area contributed by atoms with E-state index < -0.39 is 0 Å². The quantitative estimate of drug-likeness (QED) is 0.911. The molecule has 0 unspecified atom stereocenters. The second kappa shape index (κ2) is 4.69. The molecule has 1 heterocycles. The standard InChI is InChI=1S/C12H13Cl2N3/c1-17(2)11-5-8(6-15)16-12-9(11)3-7(13)4-10(12)14/h3-5H,6,15H2,1-2H3. The Hall–Kier alpha value is -1.03. The number of nitrogens with zero attached hydrogens (tertiary/aromatic N) is 2. The lowest BCUT2D eigenvalue weighted by Crippen LogP contribution is -2.11. The van der Waals surface area contributed by atoms with Crippen molar-refractivity contribution >= 4 is 39.8 Å². The predicted octanol–water partition coefficient (Wildman–Crippen LogP) is 3.07. The van der Waals surface area contributed by atoms with Gasteiger partial charge in [0.15, 0.2) is 0 Å². The van der Waals surface area contributed by atoms with Crippen LogP contribution in [0.25, 0.3) is 10.9 Å².